The van der Waals surface area contributed by atoms with Crippen molar-refractivity contribution in [2.24, 2.45) is 0 Å². The predicted octanol–water partition coefficient (Wildman–Crippen LogP) is -0.736. The van der Waals surface area contributed by atoms with Gasteiger partial charge < -0.3 is 18.9 Å². The third-order valence-electron chi connectivity index (χ3n) is 3.60. The predicted molar refractivity (Wildman–Crippen MR) is 151 cm³/mol. The Morgan fingerprint density at radius 1 is 0.458 bits per heavy atom. The molecule has 278 valence electrons. The fourth-order valence-electron chi connectivity index (χ4n) is 2.35. The van der Waals surface area contributed by atoms with Gasteiger partial charge in [0, 0.05) is 19.5 Å². The van der Waals surface area contributed by atoms with E-state index in [0.29, 0.717) is 0 Å². The van der Waals surface area contributed by atoms with Gasteiger partial charge in [0.05, 0.1) is 24.4 Å². The summed E-state index contributed by atoms with van der Waals surface area (Å²) < 4.78 is 141. The van der Waals surface area contributed by atoms with Gasteiger partial charge in [0.15, 0.2) is 0 Å². The van der Waals surface area contributed by atoms with Crippen LogP contribution in [0.2, 0.25) is 0 Å². The van der Waals surface area contributed by atoms with Crippen LogP contribution in [0.4, 0.5) is 19.2 Å². The van der Waals surface area contributed by atoms with Crippen molar-refractivity contribution < 1.29 is 108 Å². The summed E-state index contributed by atoms with van der Waals surface area (Å²) in [5.41, 5.74) is 0. The Hall–Kier alpha value is -2.66. The molecule has 0 aromatic rings. The molecule has 0 spiro atoms. The first-order valence-electron chi connectivity index (χ1n) is 12.7. The SMILES string of the molecule is CC(C)OC(=O)NS(=O)(=O)OCC(COS(=O)(=O)NC(=O)OC(C)C)(OS(=O)(=O)NC(=O)OC(C)C)OS(=O)(=O)NC(=O)OC(C)C.[Zn]. The molecule has 0 rings (SSSR count). The largest absolute Gasteiger partial charge is 0.446 e. The Bertz CT molecular complexity index is 1430. The Morgan fingerprint density at radius 3 is 0.875 bits per heavy atom. The van der Waals surface area contributed by atoms with E-state index in [1.54, 1.807) is 0 Å². The zero-order chi connectivity index (χ0) is 37.0. The topological polar surface area (TPSA) is 327 Å². The molecular formula is C19H36N4O20S4Zn. The van der Waals surface area contributed by atoms with Crippen LogP contribution in [-0.4, -0.2) is 101 Å². The molecule has 0 aliphatic heterocycles. The molecule has 0 aromatic heterocycles. The van der Waals surface area contributed by atoms with Crippen LogP contribution in [0.5, 0.6) is 0 Å². The van der Waals surface area contributed by atoms with E-state index in [-0.39, 0.29) is 19.5 Å². The van der Waals surface area contributed by atoms with E-state index in [9.17, 15) is 52.8 Å². The van der Waals surface area contributed by atoms with Gasteiger partial charge in [-0.05, 0) is 55.4 Å². The fourth-order valence-corrected chi connectivity index (χ4v) is 5.33. The smallest absolute Gasteiger partial charge is 0.422 e. The molecule has 0 aromatic carbocycles. The molecule has 0 atom stereocenters. The molecule has 24 nitrogen and oxygen atoms in total. The molecular weight excluding hydrogens is 798 g/mol. The average Bonchev–Trinajstić information content (AvgIpc) is 2.77. The minimum Gasteiger partial charge on any atom is -0.446 e. The molecule has 4 N–H and O–H groups in total. The Labute approximate surface area is 290 Å². The summed E-state index contributed by atoms with van der Waals surface area (Å²) in [4.78, 5) is 47.4. The summed E-state index contributed by atoms with van der Waals surface area (Å²) in [5, 5.41) is 0. The van der Waals surface area contributed by atoms with Gasteiger partial charge >= 0.3 is 65.6 Å². The van der Waals surface area contributed by atoms with Crippen LogP contribution >= 0.6 is 0 Å². The van der Waals surface area contributed by atoms with E-state index in [0.717, 1.165) is 9.44 Å². The second-order valence-electron chi connectivity index (χ2n) is 9.64. The molecule has 48 heavy (non-hydrogen) atoms. The number of amides is 4. The van der Waals surface area contributed by atoms with Crippen LogP contribution in [0.3, 0.4) is 0 Å². The molecule has 0 bridgehead atoms. The van der Waals surface area contributed by atoms with Crippen molar-refractivity contribution in [1.82, 2.24) is 18.9 Å². The monoisotopic (exact) mass is 832 g/mol. The van der Waals surface area contributed by atoms with E-state index >= 15 is 0 Å². The molecule has 0 fully saturated rings. The summed E-state index contributed by atoms with van der Waals surface area (Å²) >= 11 is 0. The summed E-state index contributed by atoms with van der Waals surface area (Å²) in [7, 11) is -22.4. The molecule has 4 amide bonds. The van der Waals surface area contributed by atoms with Crippen LogP contribution in [0.1, 0.15) is 55.4 Å². The van der Waals surface area contributed by atoms with Crippen LogP contribution in [-0.2, 0) is 96.4 Å². The quantitative estimate of drug-likeness (QED) is 0.0751. The maximum atomic E-state index is 12.7. The second-order valence-corrected chi connectivity index (χ2v) is 14.9. The first kappa shape index (κ1) is 47.5. The van der Waals surface area contributed by atoms with E-state index in [2.05, 4.69) is 35.7 Å². The molecule has 0 radical (unpaired) electrons. The Morgan fingerprint density at radius 2 is 0.667 bits per heavy atom. The van der Waals surface area contributed by atoms with Crippen molar-refractivity contribution in [3.8, 4) is 0 Å². The zero-order valence-corrected chi connectivity index (χ0v) is 33.0. The van der Waals surface area contributed by atoms with Crippen LogP contribution < -0.4 is 18.9 Å². The zero-order valence-electron chi connectivity index (χ0n) is 26.7. The normalized spacial score (nSPS) is 12.6. The van der Waals surface area contributed by atoms with Crippen LogP contribution in [0.15, 0.2) is 0 Å². The summed E-state index contributed by atoms with van der Waals surface area (Å²) in [6, 6.07) is 0. The van der Waals surface area contributed by atoms with Gasteiger partial charge in [-0.1, -0.05) is 0 Å². The number of hydrogen-bond acceptors (Lipinski definition) is 20. The first-order chi connectivity index (χ1) is 21.1. The van der Waals surface area contributed by atoms with E-state index in [1.807, 2.05) is 0 Å². The van der Waals surface area contributed by atoms with Gasteiger partial charge in [0.1, 0.15) is 13.2 Å². The molecule has 0 unspecified atom stereocenters. The second kappa shape index (κ2) is 19.5. The summed E-state index contributed by atoms with van der Waals surface area (Å²) in [5.74, 6) is -3.92. The van der Waals surface area contributed by atoms with E-state index < -0.39 is 109 Å². The molecule has 0 aliphatic carbocycles. The van der Waals surface area contributed by atoms with Gasteiger partial charge in [0.25, 0.3) is 5.79 Å². The van der Waals surface area contributed by atoms with Gasteiger partial charge in [-0.25, -0.2) is 35.9 Å². The standard InChI is InChI=1S/C19H36N4O20S4.Zn/c1-11(2)38-15(24)20-44(28,29)36-9-19(42-46(32,33)22-17(26)40-13(5)6,43-47(34,35)23-18(27)41-14(7)8)10-37-45(30,31)21-16(25)39-12(3)4;/h11-14H,9-10H2,1-8H3,(H,20,24)(H,21,25)(H,22,26)(H,23,27);. The van der Waals surface area contributed by atoms with Crippen molar-refractivity contribution in [2.45, 2.75) is 85.6 Å². The average molecular weight is 834 g/mol. The number of hydrogen-bond donors (Lipinski definition) is 4. The van der Waals surface area contributed by atoms with Gasteiger partial charge in [-0.3, -0.25) is 0 Å². The Balaban J connectivity index is 0. The molecule has 0 heterocycles. The number of nitrogens with one attached hydrogen (secondary N) is 4. The van der Waals surface area contributed by atoms with Crippen LogP contribution in [0, 0.1) is 0 Å². The maximum absolute atomic E-state index is 12.7. The van der Waals surface area contributed by atoms with Crippen molar-refractivity contribution in [1.29, 1.82) is 0 Å². The van der Waals surface area contributed by atoms with E-state index in [4.69, 9.17) is 0 Å². The van der Waals surface area contributed by atoms with Crippen molar-refractivity contribution in [2.75, 3.05) is 13.2 Å². The molecule has 0 saturated carbocycles. The molecule has 0 aliphatic rings. The van der Waals surface area contributed by atoms with Gasteiger partial charge in [-0.2, -0.15) is 52.6 Å². The van der Waals surface area contributed by atoms with Gasteiger partial charge in [0.2, 0.25) is 0 Å². The summed E-state index contributed by atoms with van der Waals surface area (Å²) in [6.45, 7) is 6.20. The maximum Gasteiger partial charge on any atom is 0.422 e. The minimum atomic E-state index is -5.75. The van der Waals surface area contributed by atoms with Crippen molar-refractivity contribution in [3.05, 3.63) is 0 Å². The number of carbonyl (C=O) groups excluding carboxylic acids is 4. The summed E-state index contributed by atoms with van der Waals surface area (Å²) in [6.07, 6.45) is -10.5. The third kappa shape index (κ3) is 22.1. The Kier molecular flexibility index (Phi) is 19.3. The van der Waals surface area contributed by atoms with Crippen LogP contribution in [0.25, 0.3) is 0 Å². The number of ether oxygens (including phenoxy) is 4. The number of rotatable bonds is 18. The van der Waals surface area contributed by atoms with E-state index in [1.165, 1.54) is 64.8 Å². The third-order valence-corrected chi connectivity index (χ3v) is 7.16. The fraction of sp³-hybridized carbons (Fsp3) is 0.789. The number of carbonyl (C=O) groups is 4. The molecule has 29 heteroatoms. The molecule has 0 saturated heterocycles. The first-order valence-corrected chi connectivity index (χ1v) is 18.3. The van der Waals surface area contributed by atoms with Crippen molar-refractivity contribution >= 4 is 65.6 Å². The van der Waals surface area contributed by atoms with Gasteiger partial charge in [-0.15, -0.1) is 0 Å². The minimum absolute atomic E-state index is 0. The van der Waals surface area contributed by atoms with Crippen molar-refractivity contribution in [3.63, 3.8) is 0 Å².